The van der Waals surface area contributed by atoms with Crippen LogP contribution >= 0.6 is 0 Å². The maximum absolute atomic E-state index is 12.7. The molecular weight excluding hydrogens is 304 g/mol. The summed E-state index contributed by atoms with van der Waals surface area (Å²) >= 11 is 0. The summed E-state index contributed by atoms with van der Waals surface area (Å²) in [5.41, 5.74) is 0.914. The first kappa shape index (κ1) is 18.3. The van der Waals surface area contributed by atoms with Crippen molar-refractivity contribution < 1.29 is 14.3 Å². The highest BCUT2D eigenvalue weighted by Gasteiger charge is 2.27. The van der Waals surface area contributed by atoms with Gasteiger partial charge in [0.2, 0.25) is 11.8 Å². The third kappa shape index (κ3) is 4.98. The molecule has 132 valence electrons. The minimum atomic E-state index is -0.312. The fourth-order valence-electron chi connectivity index (χ4n) is 3.50. The van der Waals surface area contributed by atoms with Gasteiger partial charge in [-0.25, -0.2) is 0 Å². The second kappa shape index (κ2) is 8.18. The zero-order valence-electron chi connectivity index (χ0n) is 15.0. The number of carbonyl (C=O) groups excluding carboxylic acids is 2. The van der Waals surface area contributed by atoms with Gasteiger partial charge in [-0.1, -0.05) is 26.0 Å². The van der Waals surface area contributed by atoms with Crippen LogP contribution in [0.25, 0.3) is 0 Å². The number of benzene rings is 1. The second-order valence-corrected chi connectivity index (χ2v) is 6.98. The summed E-state index contributed by atoms with van der Waals surface area (Å²) in [4.78, 5) is 26.2. The zero-order valence-corrected chi connectivity index (χ0v) is 15.0. The third-order valence-corrected chi connectivity index (χ3v) is 4.50. The molecule has 0 aromatic heterocycles. The molecule has 0 bridgehead atoms. The van der Waals surface area contributed by atoms with Crippen molar-refractivity contribution in [3.05, 3.63) is 29.8 Å². The third-order valence-electron chi connectivity index (χ3n) is 4.50. The standard InChI is InChI=1S/C19H28N2O3/c1-13-9-14(2)12-21(11-13)19(23)10-18(20-15(3)22)16-5-7-17(24-4)8-6-16/h5-8,13-14,18H,9-12H2,1-4H3,(H,20,22). The van der Waals surface area contributed by atoms with E-state index in [4.69, 9.17) is 4.74 Å². The molecule has 3 atom stereocenters. The number of rotatable bonds is 5. The normalized spacial score (nSPS) is 21.9. The number of methoxy groups -OCH3 is 1. The van der Waals surface area contributed by atoms with Crippen molar-refractivity contribution in [2.75, 3.05) is 20.2 Å². The zero-order chi connectivity index (χ0) is 17.7. The Balaban J connectivity index is 2.09. The van der Waals surface area contributed by atoms with E-state index in [9.17, 15) is 9.59 Å². The number of amides is 2. The first-order valence-electron chi connectivity index (χ1n) is 8.57. The molecule has 2 rings (SSSR count). The van der Waals surface area contributed by atoms with E-state index in [0.717, 1.165) is 30.8 Å². The van der Waals surface area contributed by atoms with E-state index in [0.29, 0.717) is 11.8 Å². The molecule has 1 heterocycles. The fraction of sp³-hybridized carbons (Fsp3) is 0.579. The summed E-state index contributed by atoms with van der Waals surface area (Å²) in [5.74, 6) is 1.77. The van der Waals surface area contributed by atoms with Crippen LogP contribution in [0.3, 0.4) is 0 Å². The molecule has 1 aliphatic rings. The van der Waals surface area contributed by atoms with Gasteiger partial charge in [-0.15, -0.1) is 0 Å². The van der Waals surface area contributed by atoms with Crippen molar-refractivity contribution in [2.24, 2.45) is 11.8 Å². The van der Waals surface area contributed by atoms with E-state index in [1.54, 1.807) is 7.11 Å². The molecule has 5 heteroatoms. The largest absolute Gasteiger partial charge is 0.497 e. The van der Waals surface area contributed by atoms with Crippen LogP contribution in [-0.2, 0) is 9.59 Å². The molecule has 0 spiro atoms. The van der Waals surface area contributed by atoms with E-state index >= 15 is 0 Å². The molecule has 5 nitrogen and oxygen atoms in total. The lowest BCUT2D eigenvalue weighted by molar-refractivity contribution is -0.134. The highest BCUT2D eigenvalue weighted by atomic mass is 16.5. The summed E-state index contributed by atoms with van der Waals surface area (Å²) in [6.45, 7) is 7.46. The van der Waals surface area contributed by atoms with E-state index in [2.05, 4.69) is 19.2 Å². The number of nitrogens with zero attached hydrogens (tertiary/aromatic N) is 1. The number of likely N-dealkylation sites (tertiary alicyclic amines) is 1. The quantitative estimate of drug-likeness (QED) is 0.902. The SMILES string of the molecule is COc1ccc(C(CC(=O)N2CC(C)CC(C)C2)NC(C)=O)cc1. The molecule has 1 N–H and O–H groups in total. The van der Waals surface area contributed by atoms with Crippen molar-refractivity contribution in [3.8, 4) is 5.75 Å². The number of hydrogen-bond donors (Lipinski definition) is 1. The Hall–Kier alpha value is -2.04. The van der Waals surface area contributed by atoms with Gasteiger partial charge in [0.05, 0.1) is 19.6 Å². The highest BCUT2D eigenvalue weighted by Crippen LogP contribution is 2.25. The molecule has 2 amide bonds. The van der Waals surface area contributed by atoms with Gasteiger partial charge in [-0.05, 0) is 36.0 Å². The predicted octanol–water partition coefficient (Wildman–Crippen LogP) is 2.77. The lowest BCUT2D eigenvalue weighted by atomic mass is 9.91. The summed E-state index contributed by atoms with van der Waals surface area (Å²) in [7, 11) is 1.61. The Morgan fingerprint density at radius 2 is 1.79 bits per heavy atom. The Kier molecular flexibility index (Phi) is 6.23. The number of ether oxygens (including phenoxy) is 1. The Labute approximate surface area is 144 Å². The van der Waals surface area contributed by atoms with E-state index in [-0.39, 0.29) is 24.3 Å². The van der Waals surface area contributed by atoms with Crippen LogP contribution in [0.15, 0.2) is 24.3 Å². The van der Waals surface area contributed by atoms with Gasteiger partial charge in [0.25, 0.3) is 0 Å². The van der Waals surface area contributed by atoms with E-state index in [1.165, 1.54) is 6.92 Å². The molecule has 1 aromatic carbocycles. The van der Waals surface area contributed by atoms with Gasteiger partial charge in [0.15, 0.2) is 0 Å². The minimum Gasteiger partial charge on any atom is -0.497 e. The van der Waals surface area contributed by atoms with E-state index in [1.807, 2.05) is 29.2 Å². The minimum absolute atomic E-state index is 0.1000. The summed E-state index contributed by atoms with van der Waals surface area (Å²) in [6, 6.07) is 7.18. The van der Waals surface area contributed by atoms with Gasteiger partial charge in [0, 0.05) is 20.0 Å². The van der Waals surface area contributed by atoms with Gasteiger partial charge in [0.1, 0.15) is 5.75 Å². The van der Waals surface area contributed by atoms with E-state index < -0.39 is 0 Å². The van der Waals surface area contributed by atoms with Crippen LogP contribution in [0.1, 0.15) is 45.2 Å². The highest BCUT2D eigenvalue weighted by molar-refractivity contribution is 5.79. The monoisotopic (exact) mass is 332 g/mol. The van der Waals surface area contributed by atoms with Crippen molar-refractivity contribution in [2.45, 2.75) is 39.7 Å². The molecule has 0 saturated carbocycles. The molecule has 1 saturated heterocycles. The molecule has 1 aromatic rings. The number of carbonyl (C=O) groups is 2. The number of piperidine rings is 1. The Morgan fingerprint density at radius 3 is 2.29 bits per heavy atom. The number of nitrogens with one attached hydrogen (secondary N) is 1. The summed E-state index contributed by atoms with van der Waals surface area (Å²) in [5, 5.41) is 2.90. The van der Waals surface area contributed by atoms with Crippen molar-refractivity contribution in [1.82, 2.24) is 10.2 Å². The maximum Gasteiger partial charge on any atom is 0.225 e. The van der Waals surface area contributed by atoms with Crippen molar-refractivity contribution in [3.63, 3.8) is 0 Å². The first-order chi connectivity index (χ1) is 11.4. The lowest BCUT2D eigenvalue weighted by Crippen LogP contribution is -2.44. The molecule has 3 unspecified atom stereocenters. The lowest BCUT2D eigenvalue weighted by Gasteiger charge is -2.36. The molecule has 0 aliphatic carbocycles. The molecule has 24 heavy (non-hydrogen) atoms. The van der Waals surface area contributed by atoms with Crippen LogP contribution in [0.4, 0.5) is 0 Å². The summed E-state index contributed by atoms with van der Waals surface area (Å²) < 4.78 is 5.17. The fourth-order valence-corrected chi connectivity index (χ4v) is 3.50. The summed E-state index contributed by atoms with van der Waals surface area (Å²) in [6.07, 6.45) is 1.45. The van der Waals surface area contributed by atoms with Gasteiger partial charge in [-0.2, -0.15) is 0 Å². The smallest absolute Gasteiger partial charge is 0.225 e. The Morgan fingerprint density at radius 1 is 1.21 bits per heavy atom. The Bertz CT molecular complexity index is 560. The van der Waals surface area contributed by atoms with Crippen LogP contribution < -0.4 is 10.1 Å². The number of hydrogen-bond acceptors (Lipinski definition) is 3. The van der Waals surface area contributed by atoms with Crippen LogP contribution in [-0.4, -0.2) is 36.9 Å². The van der Waals surface area contributed by atoms with Crippen molar-refractivity contribution in [1.29, 1.82) is 0 Å². The average Bonchev–Trinajstić information content (AvgIpc) is 2.53. The molecule has 0 radical (unpaired) electrons. The molecule has 1 aliphatic heterocycles. The maximum atomic E-state index is 12.7. The first-order valence-corrected chi connectivity index (χ1v) is 8.57. The topological polar surface area (TPSA) is 58.6 Å². The van der Waals surface area contributed by atoms with Crippen LogP contribution in [0.2, 0.25) is 0 Å². The van der Waals surface area contributed by atoms with Gasteiger partial charge < -0.3 is 15.0 Å². The van der Waals surface area contributed by atoms with Gasteiger partial charge in [-0.3, -0.25) is 9.59 Å². The predicted molar refractivity (Wildman–Crippen MR) is 93.7 cm³/mol. The molecular formula is C19H28N2O3. The van der Waals surface area contributed by atoms with Crippen LogP contribution in [0.5, 0.6) is 5.75 Å². The van der Waals surface area contributed by atoms with Gasteiger partial charge >= 0.3 is 0 Å². The molecule has 1 fully saturated rings. The van der Waals surface area contributed by atoms with Crippen molar-refractivity contribution >= 4 is 11.8 Å². The average molecular weight is 332 g/mol. The second-order valence-electron chi connectivity index (χ2n) is 6.98. The van der Waals surface area contributed by atoms with Crippen LogP contribution in [0, 0.1) is 11.8 Å².